The van der Waals surface area contributed by atoms with Gasteiger partial charge in [-0.1, -0.05) is 26.5 Å². The Balaban J connectivity index is 4.02. The molecule has 0 amide bonds. The van der Waals surface area contributed by atoms with Crippen LogP contribution >= 0.6 is 7.14 Å². The molecular formula is C9H17O3P. The summed E-state index contributed by atoms with van der Waals surface area (Å²) in [6, 6.07) is 0. The molecule has 0 fully saturated rings. The number of hydrogen-bond acceptors (Lipinski definition) is 3. The minimum atomic E-state index is -2.29. The topological polar surface area (TPSA) is 43.4 Å². The van der Waals surface area contributed by atoms with E-state index in [2.05, 4.69) is 6.58 Å². The van der Waals surface area contributed by atoms with Crippen LogP contribution in [0.15, 0.2) is 12.7 Å². The summed E-state index contributed by atoms with van der Waals surface area (Å²) in [6.45, 7) is 7.30. The van der Waals surface area contributed by atoms with Gasteiger partial charge in [0.2, 0.25) is 0 Å². The molecule has 0 aromatic rings. The first-order valence-corrected chi connectivity index (χ1v) is 6.67. The van der Waals surface area contributed by atoms with Gasteiger partial charge in [0.05, 0.1) is 13.3 Å². The molecule has 0 N–H and O–H groups in total. The zero-order chi connectivity index (χ0) is 10.3. The molecule has 0 radical (unpaired) electrons. The number of rotatable bonds is 6. The van der Waals surface area contributed by atoms with E-state index in [0.29, 0.717) is 12.3 Å². The molecule has 0 aliphatic rings. The Kier molecular flexibility index (Phi) is 5.72. The van der Waals surface area contributed by atoms with Crippen LogP contribution in [0.1, 0.15) is 13.8 Å². The Morgan fingerprint density at radius 3 is 2.38 bits per heavy atom. The van der Waals surface area contributed by atoms with Crippen LogP contribution in [0.3, 0.4) is 0 Å². The van der Waals surface area contributed by atoms with E-state index >= 15 is 0 Å². The van der Waals surface area contributed by atoms with Crippen LogP contribution in [0.4, 0.5) is 0 Å². The van der Waals surface area contributed by atoms with Crippen molar-refractivity contribution in [1.82, 2.24) is 0 Å². The van der Waals surface area contributed by atoms with Crippen molar-refractivity contribution < 1.29 is 14.1 Å². The maximum atomic E-state index is 11.8. The van der Waals surface area contributed by atoms with Crippen molar-refractivity contribution in [3.8, 4) is 0 Å². The van der Waals surface area contributed by atoms with Crippen LogP contribution < -0.4 is 0 Å². The third kappa shape index (κ3) is 4.89. The summed E-state index contributed by atoms with van der Waals surface area (Å²) in [6.07, 6.45) is 2.69. The van der Waals surface area contributed by atoms with E-state index in [4.69, 9.17) is 4.74 Å². The molecule has 0 unspecified atom stereocenters. The molecule has 0 bridgehead atoms. The third-order valence-corrected chi connectivity index (χ3v) is 5.07. The lowest BCUT2D eigenvalue weighted by Crippen LogP contribution is -2.12. The number of esters is 1. The Bertz CT molecular complexity index is 215. The van der Waals surface area contributed by atoms with Gasteiger partial charge in [0.1, 0.15) is 6.61 Å². The second kappa shape index (κ2) is 5.98. The number of carbonyl (C=O) groups is 1. The van der Waals surface area contributed by atoms with Gasteiger partial charge in [-0.05, 0) is 12.3 Å². The van der Waals surface area contributed by atoms with Gasteiger partial charge in [-0.15, -0.1) is 0 Å². The van der Waals surface area contributed by atoms with Crippen LogP contribution in [0.2, 0.25) is 0 Å². The molecule has 3 nitrogen and oxygen atoms in total. The first-order chi connectivity index (χ1) is 6.08. The fourth-order valence-corrected chi connectivity index (χ4v) is 2.34. The van der Waals surface area contributed by atoms with E-state index < -0.39 is 7.14 Å². The van der Waals surface area contributed by atoms with E-state index in [1.807, 2.05) is 13.8 Å². The van der Waals surface area contributed by atoms with Crippen LogP contribution in [-0.2, 0) is 14.1 Å². The zero-order valence-corrected chi connectivity index (χ0v) is 9.18. The van der Waals surface area contributed by atoms with Crippen molar-refractivity contribution >= 4 is 13.1 Å². The quantitative estimate of drug-likeness (QED) is 0.378. The van der Waals surface area contributed by atoms with E-state index in [1.54, 1.807) is 0 Å². The summed E-state index contributed by atoms with van der Waals surface area (Å²) in [5, 5.41) is 0. The van der Waals surface area contributed by atoms with Gasteiger partial charge in [0.25, 0.3) is 0 Å². The SMILES string of the molecule is C=CCOC(=O)CP(=O)(CC)CC. The molecule has 0 saturated heterocycles. The second-order valence-corrected chi connectivity index (χ2v) is 6.52. The predicted octanol–water partition coefficient (Wildman–Crippen LogP) is 2.12. The summed E-state index contributed by atoms with van der Waals surface area (Å²) in [5.41, 5.74) is 0. The lowest BCUT2D eigenvalue weighted by atomic mass is 10.7. The van der Waals surface area contributed by atoms with E-state index in [1.165, 1.54) is 6.08 Å². The van der Waals surface area contributed by atoms with E-state index in [-0.39, 0.29) is 18.7 Å². The molecule has 0 rings (SSSR count). The van der Waals surface area contributed by atoms with Crippen molar-refractivity contribution in [3.63, 3.8) is 0 Å². The molecule has 0 aromatic heterocycles. The molecule has 0 spiro atoms. The van der Waals surface area contributed by atoms with Gasteiger partial charge in [-0.3, -0.25) is 4.79 Å². The van der Waals surface area contributed by atoms with Crippen LogP contribution in [0, 0.1) is 0 Å². The maximum Gasteiger partial charge on any atom is 0.313 e. The Hall–Kier alpha value is -0.560. The normalized spacial score (nSPS) is 10.9. The lowest BCUT2D eigenvalue weighted by Gasteiger charge is -2.12. The molecule has 0 atom stereocenters. The molecule has 0 aliphatic heterocycles. The minimum Gasteiger partial charge on any atom is -0.461 e. The first-order valence-electron chi connectivity index (χ1n) is 4.41. The Labute approximate surface area is 79.5 Å². The van der Waals surface area contributed by atoms with Crippen LogP contribution in [0.5, 0.6) is 0 Å². The van der Waals surface area contributed by atoms with Gasteiger partial charge in [-0.25, -0.2) is 0 Å². The Morgan fingerprint density at radius 1 is 1.46 bits per heavy atom. The van der Waals surface area contributed by atoms with Crippen LogP contribution in [-0.4, -0.2) is 31.1 Å². The third-order valence-electron chi connectivity index (χ3n) is 1.93. The van der Waals surface area contributed by atoms with Gasteiger partial charge in [0, 0.05) is 0 Å². The second-order valence-electron chi connectivity index (χ2n) is 2.82. The van der Waals surface area contributed by atoms with Gasteiger partial charge in [-0.2, -0.15) is 0 Å². The van der Waals surface area contributed by atoms with Gasteiger partial charge in [0.15, 0.2) is 0 Å². The van der Waals surface area contributed by atoms with Crippen molar-refractivity contribution in [1.29, 1.82) is 0 Å². The van der Waals surface area contributed by atoms with Crippen molar-refractivity contribution in [3.05, 3.63) is 12.7 Å². The summed E-state index contributed by atoms with van der Waals surface area (Å²) >= 11 is 0. The molecule has 0 aliphatic carbocycles. The smallest absolute Gasteiger partial charge is 0.313 e. The Morgan fingerprint density at radius 2 is 2.00 bits per heavy atom. The number of carbonyl (C=O) groups excluding carboxylic acids is 1. The molecule has 13 heavy (non-hydrogen) atoms. The fraction of sp³-hybridized carbons (Fsp3) is 0.667. The number of ether oxygens (including phenoxy) is 1. The minimum absolute atomic E-state index is 0.0633. The summed E-state index contributed by atoms with van der Waals surface area (Å²) in [5.74, 6) is -0.382. The predicted molar refractivity (Wildman–Crippen MR) is 54.7 cm³/mol. The number of hydrogen-bond donors (Lipinski definition) is 0. The van der Waals surface area contributed by atoms with Crippen molar-refractivity contribution in [2.45, 2.75) is 13.8 Å². The molecule has 0 aromatic carbocycles. The standard InChI is InChI=1S/C9H17O3P/c1-4-7-12-9(10)8-13(11,5-2)6-3/h4H,1,5-8H2,2-3H3. The fourth-order valence-electron chi connectivity index (χ4n) is 0.880. The maximum absolute atomic E-state index is 11.8. The molecule has 0 heterocycles. The molecule has 76 valence electrons. The largest absolute Gasteiger partial charge is 0.461 e. The highest BCUT2D eigenvalue weighted by atomic mass is 31.2. The highest BCUT2D eigenvalue weighted by molar-refractivity contribution is 7.64. The van der Waals surface area contributed by atoms with Crippen LogP contribution in [0.25, 0.3) is 0 Å². The summed E-state index contributed by atoms with van der Waals surface area (Å²) in [7, 11) is -2.29. The van der Waals surface area contributed by atoms with E-state index in [9.17, 15) is 9.36 Å². The van der Waals surface area contributed by atoms with E-state index in [0.717, 1.165) is 0 Å². The van der Waals surface area contributed by atoms with Crippen molar-refractivity contribution in [2.24, 2.45) is 0 Å². The van der Waals surface area contributed by atoms with Gasteiger partial charge >= 0.3 is 5.97 Å². The van der Waals surface area contributed by atoms with Crippen molar-refractivity contribution in [2.75, 3.05) is 25.1 Å². The molecule has 4 heteroatoms. The average Bonchev–Trinajstić information content (AvgIpc) is 2.14. The summed E-state index contributed by atoms with van der Waals surface area (Å²) < 4.78 is 16.6. The zero-order valence-electron chi connectivity index (χ0n) is 8.28. The monoisotopic (exact) mass is 204 g/mol. The first kappa shape index (κ1) is 12.4. The summed E-state index contributed by atoms with van der Waals surface area (Å²) in [4.78, 5) is 11.1. The average molecular weight is 204 g/mol. The van der Waals surface area contributed by atoms with Gasteiger partial charge < -0.3 is 9.30 Å². The highest BCUT2D eigenvalue weighted by Crippen LogP contribution is 2.44. The molecular weight excluding hydrogens is 187 g/mol. The highest BCUT2D eigenvalue weighted by Gasteiger charge is 2.21. The molecule has 0 saturated carbocycles. The lowest BCUT2D eigenvalue weighted by molar-refractivity contribution is -0.139.